The van der Waals surface area contributed by atoms with E-state index in [1.165, 1.54) is 17.8 Å². The van der Waals surface area contributed by atoms with Crippen molar-refractivity contribution >= 4 is 17.2 Å². The van der Waals surface area contributed by atoms with Gasteiger partial charge in [0.15, 0.2) is 11.5 Å². The van der Waals surface area contributed by atoms with Crippen LogP contribution in [0.3, 0.4) is 0 Å². The van der Waals surface area contributed by atoms with E-state index < -0.39 is 0 Å². The lowest BCUT2D eigenvalue weighted by Gasteiger charge is -2.18. The molecule has 4 rings (SSSR count). The quantitative estimate of drug-likeness (QED) is 0.895. The molecule has 2 aliphatic rings. The highest BCUT2D eigenvalue weighted by atomic mass is 32.1. The molecule has 1 saturated heterocycles. The van der Waals surface area contributed by atoms with Crippen LogP contribution in [0, 0.1) is 0 Å². The van der Waals surface area contributed by atoms with Gasteiger partial charge in [-0.05, 0) is 55.3 Å². The lowest BCUT2D eigenvalue weighted by atomic mass is 10.1. The Labute approximate surface area is 145 Å². The lowest BCUT2D eigenvalue weighted by molar-refractivity contribution is 0.0954. The Bertz CT molecular complexity index is 738. The Balaban J connectivity index is 1.45. The zero-order valence-corrected chi connectivity index (χ0v) is 14.2. The Kier molecular flexibility index (Phi) is 4.40. The van der Waals surface area contributed by atoms with Crippen molar-refractivity contribution in [3.8, 4) is 21.9 Å². The van der Waals surface area contributed by atoms with Gasteiger partial charge in [0.2, 0.25) is 0 Å². The average molecular weight is 344 g/mol. The van der Waals surface area contributed by atoms with E-state index in [-0.39, 0.29) is 5.91 Å². The maximum absolute atomic E-state index is 12.3. The third-order valence-corrected chi connectivity index (χ3v) is 5.46. The summed E-state index contributed by atoms with van der Waals surface area (Å²) in [6, 6.07) is 10.2. The van der Waals surface area contributed by atoms with Crippen molar-refractivity contribution in [3.05, 3.63) is 35.2 Å². The molecule has 0 bridgehead atoms. The van der Waals surface area contributed by atoms with E-state index in [1.807, 2.05) is 30.3 Å². The summed E-state index contributed by atoms with van der Waals surface area (Å²) in [5.74, 6) is 1.55. The minimum absolute atomic E-state index is 0.00232. The molecule has 1 fully saturated rings. The van der Waals surface area contributed by atoms with E-state index in [2.05, 4.69) is 10.6 Å². The number of thiophene rings is 1. The van der Waals surface area contributed by atoms with Crippen LogP contribution in [0.4, 0.5) is 0 Å². The number of hydrogen-bond donors (Lipinski definition) is 2. The van der Waals surface area contributed by atoms with Crippen molar-refractivity contribution in [2.45, 2.75) is 18.9 Å². The lowest BCUT2D eigenvalue weighted by Crippen LogP contribution is -2.36. The van der Waals surface area contributed by atoms with Crippen molar-refractivity contribution < 1.29 is 14.3 Å². The van der Waals surface area contributed by atoms with Crippen LogP contribution in [0.1, 0.15) is 22.5 Å². The van der Waals surface area contributed by atoms with Gasteiger partial charge in [-0.2, -0.15) is 0 Å². The summed E-state index contributed by atoms with van der Waals surface area (Å²) in [5, 5.41) is 6.41. The molecule has 3 heterocycles. The van der Waals surface area contributed by atoms with Crippen LogP contribution >= 0.6 is 11.3 Å². The zero-order chi connectivity index (χ0) is 16.4. The Morgan fingerprint density at radius 3 is 2.92 bits per heavy atom. The molecule has 1 aromatic heterocycles. The molecule has 5 nitrogen and oxygen atoms in total. The number of fused-ring (bicyclic) bond motifs is 1. The molecule has 24 heavy (non-hydrogen) atoms. The number of hydrogen-bond acceptors (Lipinski definition) is 5. The summed E-state index contributed by atoms with van der Waals surface area (Å²) < 4.78 is 11.2. The van der Waals surface area contributed by atoms with Gasteiger partial charge >= 0.3 is 0 Å². The Hall–Kier alpha value is -2.05. The Morgan fingerprint density at radius 1 is 1.21 bits per heavy atom. The molecule has 2 aromatic rings. The molecule has 0 saturated carbocycles. The molecule has 0 aliphatic carbocycles. The highest BCUT2D eigenvalue weighted by molar-refractivity contribution is 7.17. The molecular weight excluding hydrogens is 324 g/mol. The van der Waals surface area contributed by atoms with Gasteiger partial charge in [-0.1, -0.05) is 0 Å². The van der Waals surface area contributed by atoms with Crippen LogP contribution in [-0.2, 0) is 0 Å². The number of amides is 1. The molecule has 0 spiro atoms. The predicted molar refractivity (Wildman–Crippen MR) is 94.1 cm³/mol. The fourth-order valence-corrected chi connectivity index (χ4v) is 3.96. The summed E-state index contributed by atoms with van der Waals surface area (Å²) in [4.78, 5) is 14.1. The number of carbonyl (C=O) groups excluding carboxylic acids is 1. The smallest absolute Gasteiger partial charge is 0.261 e. The standard InChI is InChI=1S/C18H20N2O3S/c21-18(20-11-13-2-1-7-19-13)17-6-5-16(24-17)12-3-4-14-15(10-12)23-9-8-22-14/h3-6,10,13,19H,1-2,7-9,11H2,(H,20,21). The van der Waals surface area contributed by atoms with Crippen molar-refractivity contribution in [2.75, 3.05) is 26.3 Å². The largest absolute Gasteiger partial charge is 0.486 e. The van der Waals surface area contributed by atoms with Gasteiger partial charge in [-0.25, -0.2) is 0 Å². The zero-order valence-electron chi connectivity index (χ0n) is 13.3. The molecule has 0 radical (unpaired) electrons. The second-order valence-electron chi connectivity index (χ2n) is 6.03. The minimum Gasteiger partial charge on any atom is -0.486 e. The number of nitrogens with one attached hydrogen (secondary N) is 2. The van der Waals surface area contributed by atoms with Crippen molar-refractivity contribution in [2.24, 2.45) is 0 Å². The van der Waals surface area contributed by atoms with Crippen LogP contribution < -0.4 is 20.1 Å². The molecule has 1 unspecified atom stereocenters. The number of benzene rings is 1. The molecule has 126 valence electrons. The van der Waals surface area contributed by atoms with E-state index in [4.69, 9.17) is 9.47 Å². The maximum atomic E-state index is 12.3. The fourth-order valence-electron chi connectivity index (χ4n) is 3.05. The van der Waals surface area contributed by atoms with Gasteiger partial charge in [0.05, 0.1) is 4.88 Å². The minimum atomic E-state index is -0.00232. The maximum Gasteiger partial charge on any atom is 0.261 e. The van der Waals surface area contributed by atoms with Gasteiger partial charge in [0.1, 0.15) is 13.2 Å². The van der Waals surface area contributed by atoms with E-state index >= 15 is 0 Å². The van der Waals surface area contributed by atoms with Crippen LogP contribution in [0.5, 0.6) is 11.5 Å². The van der Waals surface area contributed by atoms with Gasteiger partial charge in [0.25, 0.3) is 5.91 Å². The predicted octanol–water partition coefficient (Wildman–Crippen LogP) is 2.67. The van der Waals surface area contributed by atoms with Crippen molar-refractivity contribution in [1.29, 1.82) is 0 Å². The molecule has 1 aromatic carbocycles. The van der Waals surface area contributed by atoms with Gasteiger partial charge in [-0.3, -0.25) is 4.79 Å². The monoisotopic (exact) mass is 344 g/mol. The average Bonchev–Trinajstić information content (AvgIpc) is 3.31. The highest BCUT2D eigenvalue weighted by Gasteiger charge is 2.17. The SMILES string of the molecule is O=C(NCC1CCCN1)c1ccc(-c2ccc3c(c2)OCCO3)s1. The second kappa shape index (κ2) is 6.83. The molecule has 1 atom stereocenters. The van der Waals surface area contributed by atoms with E-state index in [9.17, 15) is 4.79 Å². The third-order valence-electron chi connectivity index (χ3n) is 4.33. The van der Waals surface area contributed by atoms with Crippen molar-refractivity contribution in [3.63, 3.8) is 0 Å². The van der Waals surface area contributed by atoms with Crippen molar-refractivity contribution in [1.82, 2.24) is 10.6 Å². The summed E-state index contributed by atoms with van der Waals surface area (Å²) >= 11 is 1.50. The van der Waals surface area contributed by atoms with Gasteiger partial charge in [0, 0.05) is 17.5 Å². The summed E-state index contributed by atoms with van der Waals surface area (Å²) in [5.41, 5.74) is 1.04. The number of rotatable bonds is 4. The molecule has 2 N–H and O–H groups in total. The molecule has 6 heteroatoms. The summed E-state index contributed by atoms with van der Waals surface area (Å²) in [6.07, 6.45) is 2.32. The Morgan fingerprint density at radius 2 is 2.08 bits per heavy atom. The van der Waals surface area contributed by atoms with Gasteiger partial charge in [-0.15, -0.1) is 11.3 Å². The first-order valence-electron chi connectivity index (χ1n) is 8.31. The normalized spacial score (nSPS) is 19.2. The van der Waals surface area contributed by atoms with E-state index in [0.717, 1.165) is 39.8 Å². The van der Waals surface area contributed by atoms with E-state index in [1.54, 1.807) is 0 Å². The molecule has 2 aliphatic heterocycles. The number of carbonyl (C=O) groups is 1. The van der Waals surface area contributed by atoms with Crippen LogP contribution in [0.25, 0.3) is 10.4 Å². The van der Waals surface area contributed by atoms with Crippen LogP contribution in [0.15, 0.2) is 30.3 Å². The van der Waals surface area contributed by atoms with Gasteiger partial charge < -0.3 is 20.1 Å². The van der Waals surface area contributed by atoms with Crippen LogP contribution in [-0.4, -0.2) is 38.3 Å². The number of ether oxygens (including phenoxy) is 2. The fraction of sp³-hybridized carbons (Fsp3) is 0.389. The first-order valence-corrected chi connectivity index (χ1v) is 9.13. The third kappa shape index (κ3) is 3.25. The van der Waals surface area contributed by atoms with E-state index in [0.29, 0.717) is 25.8 Å². The first kappa shape index (κ1) is 15.5. The summed E-state index contributed by atoms with van der Waals surface area (Å²) in [6.45, 7) is 2.90. The second-order valence-corrected chi connectivity index (χ2v) is 7.11. The molecular formula is C18H20N2O3S. The van der Waals surface area contributed by atoms with Crippen LogP contribution in [0.2, 0.25) is 0 Å². The summed E-state index contributed by atoms with van der Waals surface area (Å²) in [7, 11) is 0. The first-order chi connectivity index (χ1) is 11.8. The highest BCUT2D eigenvalue weighted by Crippen LogP contribution is 2.36. The topological polar surface area (TPSA) is 59.6 Å². The molecule has 1 amide bonds.